The van der Waals surface area contributed by atoms with E-state index in [0.29, 0.717) is 28.8 Å². The molecule has 6 nitrogen and oxygen atoms in total. The molecule has 2 fully saturated rings. The van der Waals surface area contributed by atoms with E-state index in [0.717, 1.165) is 22.8 Å². The maximum absolute atomic E-state index is 12.1. The molecule has 2 saturated carbocycles. The van der Waals surface area contributed by atoms with Gasteiger partial charge in [-0.1, -0.05) is 6.42 Å². The zero-order chi connectivity index (χ0) is 18.8. The molecule has 1 heterocycles. The molecule has 142 valence electrons. The fourth-order valence-corrected chi connectivity index (χ4v) is 5.34. The number of hydrogen-bond donors (Lipinski definition) is 1. The number of nitrogens with one attached hydrogen (secondary N) is 1. The monoisotopic (exact) mass is 379 g/mol. The van der Waals surface area contributed by atoms with Gasteiger partial charge in [-0.15, -0.1) is 11.3 Å². The number of thiophene rings is 1. The molecule has 2 aliphatic carbocycles. The van der Waals surface area contributed by atoms with Crippen LogP contribution in [0.1, 0.15) is 52.9 Å². The smallest absolute Gasteiger partial charge is 0.341 e. The number of methoxy groups -OCH3 is 1. The standard InChI is InChI=1S/C19H25NO5S/c1-10-11(2)26-18(17(10)19(23)24-3)20-15(21)9-25-16(22)8-14-7-12-4-5-13(14)6-12/h12-14H,4-9H2,1-3H3,(H,20,21)/t12-,13+,14-/m0/s1. The summed E-state index contributed by atoms with van der Waals surface area (Å²) >= 11 is 1.31. The van der Waals surface area contributed by atoms with Crippen LogP contribution in [0.25, 0.3) is 0 Å². The molecule has 0 aromatic carbocycles. The number of amides is 1. The Kier molecular flexibility index (Phi) is 5.65. The van der Waals surface area contributed by atoms with Crippen molar-refractivity contribution >= 4 is 34.2 Å². The highest BCUT2D eigenvalue weighted by Crippen LogP contribution is 2.49. The summed E-state index contributed by atoms with van der Waals surface area (Å²) in [5.41, 5.74) is 1.14. The lowest BCUT2D eigenvalue weighted by atomic mass is 9.86. The van der Waals surface area contributed by atoms with Gasteiger partial charge >= 0.3 is 11.9 Å². The third-order valence-electron chi connectivity index (χ3n) is 5.71. The lowest BCUT2D eigenvalue weighted by Gasteiger charge is -2.20. The topological polar surface area (TPSA) is 81.7 Å². The number of anilines is 1. The van der Waals surface area contributed by atoms with Crippen molar-refractivity contribution in [1.82, 2.24) is 0 Å². The van der Waals surface area contributed by atoms with Crippen molar-refractivity contribution in [3.8, 4) is 0 Å². The Morgan fingerprint density at radius 1 is 1.19 bits per heavy atom. The highest BCUT2D eigenvalue weighted by atomic mass is 32.1. The van der Waals surface area contributed by atoms with Gasteiger partial charge in [-0.25, -0.2) is 4.79 Å². The fraction of sp³-hybridized carbons (Fsp3) is 0.632. The molecule has 0 aliphatic heterocycles. The highest BCUT2D eigenvalue weighted by Gasteiger charge is 2.40. The van der Waals surface area contributed by atoms with E-state index in [4.69, 9.17) is 9.47 Å². The predicted molar refractivity (Wildman–Crippen MR) is 98.3 cm³/mol. The average Bonchev–Trinajstić information content (AvgIpc) is 3.28. The van der Waals surface area contributed by atoms with Crippen molar-refractivity contribution in [3.05, 3.63) is 16.0 Å². The van der Waals surface area contributed by atoms with Gasteiger partial charge in [-0.05, 0) is 56.4 Å². The molecule has 2 aliphatic rings. The maximum Gasteiger partial charge on any atom is 0.341 e. The van der Waals surface area contributed by atoms with Crippen LogP contribution in [0.2, 0.25) is 0 Å². The summed E-state index contributed by atoms with van der Waals surface area (Å²) in [5.74, 6) is 0.597. The molecule has 0 spiro atoms. The molecular weight excluding hydrogens is 354 g/mol. The summed E-state index contributed by atoms with van der Waals surface area (Å²) < 4.78 is 9.93. The molecule has 0 unspecified atom stereocenters. The first-order valence-corrected chi connectivity index (χ1v) is 9.84. The summed E-state index contributed by atoms with van der Waals surface area (Å²) in [4.78, 5) is 37.0. The average molecular weight is 379 g/mol. The Morgan fingerprint density at radius 2 is 1.96 bits per heavy atom. The minimum absolute atomic E-state index is 0.315. The first-order chi connectivity index (χ1) is 12.4. The van der Waals surface area contributed by atoms with Crippen molar-refractivity contribution in [3.63, 3.8) is 0 Å². The van der Waals surface area contributed by atoms with Crippen LogP contribution in [0.15, 0.2) is 0 Å². The molecule has 1 amide bonds. The molecule has 7 heteroatoms. The Labute approximate surface area is 157 Å². The van der Waals surface area contributed by atoms with Gasteiger partial charge in [0.05, 0.1) is 12.7 Å². The lowest BCUT2D eigenvalue weighted by Crippen LogP contribution is -2.23. The number of carbonyl (C=O) groups excluding carboxylic acids is 3. The highest BCUT2D eigenvalue weighted by molar-refractivity contribution is 7.16. The van der Waals surface area contributed by atoms with E-state index >= 15 is 0 Å². The Morgan fingerprint density at radius 3 is 2.58 bits per heavy atom. The second kappa shape index (κ2) is 7.78. The number of fused-ring (bicyclic) bond motifs is 2. The van der Waals surface area contributed by atoms with Gasteiger partial charge in [-0.3, -0.25) is 9.59 Å². The zero-order valence-corrected chi connectivity index (χ0v) is 16.2. The van der Waals surface area contributed by atoms with Gasteiger partial charge in [0.15, 0.2) is 6.61 Å². The zero-order valence-electron chi connectivity index (χ0n) is 15.4. The van der Waals surface area contributed by atoms with E-state index in [1.165, 1.54) is 37.7 Å². The quantitative estimate of drug-likeness (QED) is 0.766. The van der Waals surface area contributed by atoms with Crippen molar-refractivity contribution in [2.75, 3.05) is 19.0 Å². The second-order valence-electron chi connectivity index (χ2n) is 7.33. The number of ether oxygens (including phenoxy) is 2. The van der Waals surface area contributed by atoms with Gasteiger partial charge in [0.2, 0.25) is 0 Å². The SMILES string of the molecule is COC(=O)c1c(NC(=O)COC(=O)C[C@@H]2C[C@H]3CC[C@@H]2C3)sc(C)c1C. The van der Waals surface area contributed by atoms with Crippen molar-refractivity contribution in [2.45, 2.75) is 46.0 Å². The van der Waals surface area contributed by atoms with Crippen molar-refractivity contribution < 1.29 is 23.9 Å². The van der Waals surface area contributed by atoms with Crippen molar-refractivity contribution in [1.29, 1.82) is 0 Å². The summed E-state index contributed by atoms with van der Waals surface area (Å²) in [6.07, 6.45) is 5.27. The summed E-state index contributed by atoms with van der Waals surface area (Å²) in [7, 11) is 1.30. The summed E-state index contributed by atoms with van der Waals surface area (Å²) in [6, 6.07) is 0. The number of aryl methyl sites for hydroxylation is 1. The van der Waals surface area contributed by atoms with Gasteiger partial charge in [0.1, 0.15) is 5.00 Å². The van der Waals surface area contributed by atoms with E-state index in [1.54, 1.807) is 0 Å². The lowest BCUT2D eigenvalue weighted by molar-refractivity contribution is -0.148. The van der Waals surface area contributed by atoms with Crippen LogP contribution in [-0.2, 0) is 19.1 Å². The van der Waals surface area contributed by atoms with Crippen LogP contribution in [-0.4, -0.2) is 31.6 Å². The molecular formula is C19H25NO5S. The molecule has 1 N–H and O–H groups in total. The fourth-order valence-electron chi connectivity index (χ4n) is 4.27. The number of rotatable bonds is 6. The molecule has 1 aromatic rings. The van der Waals surface area contributed by atoms with E-state index in [-0.39, 0.29) is 12.6 Å². The van der Waals surface area contributed by atoms with Gasteiger partial charge in [0.25, 0.3) is 5.91 Å². The minimum Gasteiger partial charge on any atom is -0.465 e. The number of esters is 2. The molecule has 2 bridgehead atoms. The number of hydrogen-bond acceptors (Lipinski definition) is 6. The van der Waals surface area contributed by atoms with Gasteiger partial charge in [-0.2, -0.15) is 0 Å². The molecule has 1 aromatic heterocycles. The molecule has 0 radical (unpaired) electrons. The van der Waals surface area contributed by atoms with Gasteiger partial charge in [0, 0.05) is 11.3 Å². The molecule has 26 heavy (non-hydrogen) atoms. The Balaban J connectivity index is 1.50. The van der Waals surface area contributed by atoms with E-state index < -0.39 is 11.9 Å². The predicted octanol–water partition coefficient (Wildman–Crippen LogP) is 3.46. The van der Waals surface area contributed by atoms with Crippen LogP contribution in [0.5, 0.6) is 0 Å². The molecule has 3 rings (SSSR count). The van der Waals surface area contributed by atoms with E-state index in [2.05, 4.69) is 5.32 Å². The van der Waals surface area contributed by atoms with Gasteiger partial charge < -0.3 is 14.8 Å². The second-order valence-corrected chi connectivity index (χ2v) is 8.55. The van der Waals surface area contributed by atoms with Crippen LogP contribution < -0.4 is 5.32 Å². The van der Waals surface area contributed by atoms with E-state index in [1.807, 2.05) is 13.8 Å². The van der Waals surface area contributed by atoms with E-state index in [9.17, 15) is 14.4 Å². The summed E-state index contributed by atoms with van der Waals surface area (Å²) in [5, 5.41) is 3.10. The van der Waals surface area contributed by atoms with Crippen LogP contribution >= 0.6 is 11.3 Å². The molecule has 3 atom stereocenters. The van der Waals surface area contributed by atoms with Crippen LogP contribution in [0.4, 0.5) is 5.00 Å². The number of carbonyl (C=O) groups is 3. The van der Waals surface area contributed by atoms with Crippen molar-refractivity contribution in [2.24, 2.45) is 17.8 Å². The Hall–Kier alpha value is -1.89. The third-order valence-corrected chi connectivity index (χ3v) is 6.83. The summed E-state index contributed by atoms with van der Waals surface area (Å²) in [6.45, 7) is 3.34. The van der Waals surface area contributed by atoms with Crippen LogP contribution in [0, 0.1) is 31.6 Å². The minimum atomic E-state index is -0.490. The first-order valence-electron chi connectivity index (χ1n) is 9.02. The normalized spacial score (nSPS) is 23.7. The maximum atomic E-state index is 12.1. The first kappa shape index (κ1) is 18.9. The largest absolute Gasteiger partial charge is 0.465 e. The van der Waals surface area contributed by atoms with Crippen LogP contribution in [0.3, 0.4) is 0 Å². The Bertz CT molecular complexity index is 726. The third kappa shape index (κ3) is 3.92. The molecule has 0 saturated heterocycles.